The van der Waals surface area contributed by atoms with Gasteiger partial charge in [-0.3, -0.25) is 0 Å². The molecular formula is C40H42N10O2. The Morgan fingerprint density at radius 1 is 0.596 bits per heavy atom. The van der Waals surface area contributed by atoms with E-state index in [-0.39, 0.29) is 12.1 Å². The van der Waals surface area contributed by atoms with E-state index in [1.807, 2.05) is 84.9 Å². The van der Waals surface area contributed by atoms with Crippen LogP contribution in [0.15, 0.2) is 97.1 Å². The lowest BCUT2D eigenvalue weighted by Gasteiger charge is -2.35. The largest absolute Gasteiger partial charge is 0.391 e. The Morgan fingerprint density at radius 2 is 0.981 bits per heavy atom. The number of benzene rings is 4. The highest BCUT2D eigenvalue weighted by Crippen LogP contribution is 2.28. The number of anilines is 2. The number of piperidine rings is 2. The molecule has 2 aliphatic heterocycles. The summed E-state index contributed by atoms with van der Waals surface area (Å²) in [5.41, 5.74) is 19.7. The van der Waals surface area contributed by atoms with Crippen molar-refractivity contribution in [1.29, 1.82) is 10.5 Å². The lowest BCUT2D eigenvalue weighted by atomic mass is 10.0. The summed E-state index contributed by atoms with van der Waals surface area (Å²) in [4.78, 5) is 14.0. The molecule has 12 nitrogen and oxygen atoms in total. The zero-order chi connectivity index (χ0) is 36.2. The first-order valence-corrected chi connectivity index (χ1v) is 17.6. The second kappa shape index (κ2) is 15.2. The van der Waals surface area contributed by atoms with Crippen molar-refractivity contribution in [3.05, 3.63) is 119 Å². The number of hydrogen-bond acceptors (Lipinski definition) is 10. The molecule has 52 heavy (non-hydrogen) atoms. The number of nitrogens with two attached hydrogens (primary N) is 2. The van der Waals surface area contributed by atoms with Crippen molar-refractivity contribution in [2.75, 3.05) is 36.0 Å². The number of imidazole rings is 2. The molecule has 0 saturated carbocycles. The topological polar surface area (TPSA) is 182 Å². The van der Waals surface area contributed by atoms with Gasteiger partial charge in [0.05, 0.1) is 70.6 Å². The van der Waals surface area contributed by atoms with E-state index in [0.29, 0.717) is 50.1 Å². The molecule has 4 aromatic carbocycles. The van der Waals surface area contributed by atoms with Crippen LogP contribution < -0.4 is 21.3 Å². The highest BCUT2D eigenvalue weighted by Gasteiger charge is 2.29. The molecule has 6 aromatic rings. The summed E-state index contributed by atoms with van der Waals surface area (Å²) in [6.45, 7) is 3.94. The molecule has 0 radical (unpaired) electrons. The molecule has 0 bridgehead atoms. The maximum Gasteiger partial charge on any atom is 0.206 e. The maximum absolute atomic E-state index is 9.93. The zero-order valence-electron chi connectivity index (χ0n) is 28.8. The molecule has 4 heterocycles. The normalized spacial score (nSPS) is 20.3. The molecule has 4 atom stereocenters. The van der Waals surface area contributed by atoms with Gasteiger partial charge in [-0.2, -0.15) is 10.5 Å². The third kappa shape index (κ3) is 7.33. The van der Waals surface area contributed by atoms with Gasteiger partial charge >= 0.3 is 0 Å². The first kappa shape index (κ1) is 34.7. The van der Waals surface area contributed by atoms with Crippen LogP contribution in [0.3, 0.4) is 0 Å². The molecule has 0 spiro atoms. The number of fused-ring (bicyclic) bond motifs is 2. The molecule has 264 valence electrons. The number of hydrogen-bond donors (Lipinski definition) is 4. The number of aliphatic hydroxyl groups is 2. The predicted octanol–water partition coefficient (Wildman–Crippen LogP) is 3.71. The van der Waals surface area contributed by atoms with Crippen molar-refractivity contribution < 1.29 is 10.2 Å². The Morgan fingerprint density at radius 3 is 1.35 bits per heavy atom. The zero-order valence-corrected chi connectivity index (χ0v) is 28.8. The van der Waals surface area contributed by atoms with Crippen LogP contribution >= 0.6 is 0 Å². The van der Waals surface area contributed by atoms with Gasteiger partial charge in [0.15, 0.2) is 0 Å². The molecule has 2 aliphatic rings. The maximum atomic E-state index is 9.93. The van der Waals surface area contributed by atoms with E-state index in [1.54, 1.807) is 0 Å². The average Bonchev–Trinajstić information content (AvgIpc) is 3.73. The summed E-state index contributed by atoms with van der Waals surface area (Å²) >= 11 is 0. The van der Waals surface area contributed by atoms with Crippen LogP contribution in [0.4, 0.5) is 11.9 Å². The van der Waals surface area contributed by atoms with Gasteiger partial charge in [-0.05, 0) is 72.5 Å². The van der Waals surface area contributed by atoms with Gasteiger partial charge in [0.2, 0.25) is 11.9 Å². The molecule has 2 fully saturated rings. The second-order valence-electron chi connectivity index (χ2n) is 13.5. The fourth-order valence-electron chi connectivity index (χ4n) is 6.96. The minimum absolute atomic E-state index is 0.271. The van der Waals surface area contributed by atoms with Gasteiger partial charge < -0.3 is 40.6 Å². The molecule has 0 amide bonds. The van der Waals surface area contributed by atoms with Gasteiger partial charge in [0, 0.05) is 38.3 Å². The fraction of sp³-hybridized carbons (Fsp3) is 0.300. The van der Waals surface area contributed by atoms with Gasteiger partial charge in [-0.1, -0.05) is 48.5 Å². The number of aliphatic hydroxyl groups excluding tert-OH is 2. The van der Waals surface area contributed by atoms with Crippen molar-refractivity contribution in [2.24, 2.45) is 11.5 Å². The number of rotatable bonds is 6. The lowest BCUT2D eigenvalue weighted by Crippen LogP contribution is -2.52. The van der Waals surface area contributed by atoms with Crippen molar-refractivity contribution >= 4 is 34.0 Å². The van der Waals surface area contributed by atoms with Gasteiger partial charge in [-0.25, -0.2) is 9.97 Å². The third-order valence-electron chi connectivity index (χ3n) is 9.92. The summed E-state index contributed by atoms with van der Waals surface area (Å²) in [7, 11) is 0. The first-order chi connectivity index (χ1) is 25.3. The van der Waals surface area contributed by atoms with Crippen LogP contribution in [0.2, 0.25) is 0 Å². The minimum atomic E-state index is -0.456. The molecule has 12 heteroatoms. The van der Waals surface area contributed by atoms with Crippen LogP contribution in [0.1, 0.15) is 35.1 Å². The monoisotopic (exact) mass is 694 g/mol. The van der Waals surface area contributed by atoms with Gasteiger partial charge in [0.1, 0.15) is 0 Å². The Bertz CT molecular complexity index is 2070. The summed E-state index contributed by atoms with van der Waals surface area (Å²) < 4.78 is 4.36. The molecular weight excluding hydrogens is 653 g/mol. The minimum Gasteiger partial charge on any atom is -0.391 e. The van der Waals surface area contributed by atoms with E-state index < -0.39 is 12.2 Å². The predicted molar refractivity (Wildman–Crippen MR) is 202 cm³/mol. The average molecular weight is 695 g/mol. The van der Waals surface area contributed by atoms with Crippen molar-refractivity contribution in [2.45, 2.75) is 50.2 Å². The smallest absolute Gasteiger partial charge is 0.206 e. The quantitative estimate of drug-likeness (QED) is 0.201. The number of nitrogens with zero attached hydrogens (tertiary/aromatic N) is 8. The third-order valence-corrected chi connectivity index (χ3v) is 9.92. The standard InChI is InChI=1S/2C20H21N5O/c2*21-11-14-5-7-15(8-6-14)12-25-18-4-2-1-3-17(18)23-20(25)24-10-9-19(26)16(22)13-24/h2*1-8,16,19,26H,9-10,12-13,22H2/t2*16-,19-/m10/s1. The van der Waals surface area contributed by atoms with E-state index in [1.165, 1.54) is 0 Å². The molecule has 6 N–H and O–H groups in total. The SMILES string of the molecule is N#Cc1ccc(Cn2c(N3CC[C@@H](O)[C@H](N)C3)nc3ccccc32)cc1.N#Cc1ccc(Cn2c(N3CC[C@H](O)[C@@H](N)C3)nc3ccccc32)cc1. The molecule has 0 aliphatic carbocycles. The molecule has 2 saturated heterocycles. The Balaban J connectivity index is 0.000000162. The van der Waals surface area contributed by atoms with E-state index in [4.69, 9.17) is 32.0 Å². The van der Waals surface area contributed by atoms with E-state index in [2.05, 4.69) is 43.2 Å². The first-order valence-electron chi connectivity index (χ1n) is 17.6. The molecule has 2 aromatic heterocycles. The molecule has 8 rings (SSSR count). The number of aromatic nitrogens is 4. The van der Waals surface area contributed by atoms with Crippen LogP contribution in [0.25, 0.3) is 22.1 Å². The highest BCUT2D eigenvalue weighted by atomic mass is 16.3. The highest BCUT2D eigenvalue weighted by molar-refractivity contribution is 5.80. The number of para-hydroxylation sites is 4. The Kier molecular flexibility index (Phi) is 10.2. The Labute approximate surface area is 302 Å². The Hall–Kier alpha value is -5.76. The van der Waals surface area contributed by atoms with Crippen LogP contribution in [0, 0.1) is 22.7 Å². The van der Waals surface area contributed by atoms with Crippen molar-refractivity contribution in [1.82, 2.24) is 19.1 Å². The van der Waals surface area contributed by atoms with Gasteiger partial charge in [0.25, 0.3) is 0 Å². The summed E-state index contributed by atoms with van der Waals surface area (Å²) in [6.07, 6.45) is 0.368. The van der Waals surface area contributed by atoms with E-state index >= 15 is 0 Å². The van der Waals surface area contributed by atoms with E-state index in [9.17, 15) is 10.2 Å². The fourth-order valence-corrected chi connectivity index (χ4v) is 6.96. The van der Waals surface area contributed by atoms with Crippen LogP contribution in [0.5, 0.6) is 0 Å². The van der Waals surface area contributed by atoms with Crippen molar-refractivity contribution in [3.8, 4) is 12.1 Å². The summed E-state index contributed by atoms with van der Waals surface area (Å²) in [5, 5.41) is 37.8. The van der Waals surface area contributed by atoms with Crippen LogP contribution in [-0.2, 0) is 13.1 Å². The second-order valence-corrected chi connectivity index (χ2v) is 13.5. The van der Waals surface area contributed by atoms with Gasteiger partial charge in [-0.15, -0.1) is 0 Å². The summed E-state index contributed by atoms with van der Waals surface area (Å²) in [6, 6.07) is 35.1. The van der Waals surface area contributed by atoms with Crippen LogP contribution in [-0.4, -0.2) is 79.8 Å². The molecule has 0 unspecified atom stereocenters. The number of nitriles is 2. The van der Waals surface area contributed by atoms with E-state index in [0.717, 1.165) is 58.2 Å². The van der Waals surface area contributed by atoms with Crippen molar-refractivity contribution in [3.63, 3.8) is 0 Å². The lowest BCUT2D eigenvalue weighted by molar-refractivity contribution is 0.124. The summed E-state index contributed by atoms with van der Waals surface area (Å²) in [5.74, 6) is 1.75.